The molecule has 106 valence electrons. The van der Waals surface area contributed by atoms with Crippen LogP contribution in [-0.2, 0) is 6.42 Å². The zero-order valence-corrected chi connectivity index (χ0v) is 14.1. The lowest BCUT2D eigenvalue weighted by Gasteiger charge is -2.15. The molecule has 0 heterocycles. The van der Waals surface area contributed by atoms with Crippen LogP contribution in [0.15, 0.2) is 41.6 Å². The van der Waals surface area contributed by atoms with Crippen molar-refractivity contribution in [2.75, 3.05) is 0 Å². The molecule has 1 saturated carbocycles. The average Bonchev–Trinajstić information content (AvgIpc) is 3.01. The summed E-state index contributed by atoms with van der Waals surface area (Å²) in [6.45, 7) is 7.28. The van der Waals surface area contributed by atoms with Gasteiger partial charge in [0, 0.05) is 0 Å². The Morgan fingerprint density at radius 3 is 2.65 bits per heavy atom. The molecular formula is C19H26Si. The van der Waals surface area contributed by atoms with Gasteiger partial charge in [-0.15, -0.1) is 0 Å². The van der Waals surface area contributed by atoms with Crippen LogP contribution < -0.4 is 0 Å². The fourth-order valence-corrected chi connectivity index (χ4v) is 4.43. The van der Waals surface area contributed by atoms with Gasteiger partial charge >= 0.3 is 0 Å². The smallest absolute Gasteiger partial charge is 0.0683 e. The van der Waals surface area contributed by atoms with Crippen LogP contribution in [0.25, 0.3) is 5.57 Å². The molecule has 0 radical (unpaired) electrons. The average molecular weight is 283 g/mol. The van der Waals surface area contributed by atoms with Gasteiger partial charge in [-0.2, -0.15) is 0 Å². The zero-order valence-electron chi connectivity index (χ0n) is 13.1. The van der Waals surface area contributed by atoms with E-state index in [9.17, 15) is 0 Å². The Hall–Kier alpha value is -1.08. The van der Waals surface area contributed by atoms with Gasteiger partial charge in [0.1, 0.15) is 0 Å². The third kappa shape index (κ3) is 2.83. The third-order valence-corrected chi connectivity index (χ3v) is 5.80. The number of allylic oxidation sites excluding steroid dienone is 3. The minimum atomic E-state index is -1.07. The molecule has 1 heteroatoms. The topological polar surface area (TPSA) is 0 Å². The predicted octanol–water partition coefficient (Wildman–Crippen LogP) is 5.62. The van der Waals surface area contributed by atoms with Crippen LogP contribution in [0.2, 0.25) is 19.6 Å². The summed E-state index contributed by atoms with van der Waals surface area (Å²) in [5.41, 5.74) is 9.10. The van der Waals surface area contributed by atoms with Crippen LogP contribution in [0.1, 0.15) is 36.8 Å². The Morgan fingerprint density at radius 1 is 1.05 bits per heavy atom. The van der Waals surface area contributed by atoms with Gasteiger partial charge in [-0.3, -0.25) is 0 Å². The van der Waals surface area contributed by atoms with Crippen LogP contribution >= 0.6 is 0 Å². The standard InChI is InChI=1S/C19H26Si/c1-20(2,3)14-13-16-8-6-10-18(16)19-12-11-15-7-4-5-9-17(15)19/h4-5,7,9,13-14,16H,6,8,10-12H2,1-3H3/b14-13+,19-18-. The number of aryl methyl sites for hydroxylation is 1. The molecule has 0 spiro atoms. The highest BCUT2D eigenvalue weighted by Crippen LogP contribution is 2.43. The van der Waals surface area contributed by atoms with Crippen molar-refractivity contribution in [3.8, 4) is 0 Å². The van der Waals surface area contributed by atoms with E-state index in [0.29, 0.717) is 0 Å². The molecule has 0 bridgehead atoms. The maximum atomic E-state index is 2.55. The van der Waals surface area contributed by atoms with Gasteiger partial charge in [-0.05, 0) is 54.7 Å². The fourth-order valence-electron chi connectivity index (χ4n) is 3.62. The fraction of sp³-hybridized carbons (Fsp3) is 0.474. The number of hydrogen-bond acceptors (Lipinski definition) is 0. The van der Waals surface area contributed by atoms with E-state index >= 15 is 0 Å². The molecule has 1 unspecified atom stereocenters. The molecule has 0 N–H and O–H groups in total. The van der Waals surface area contributed by atoms with Gasteiger partial charge in [0.25, 0.3) is 0 Å². The van der Waals surface area contributed by atoms with Crippen molar-refractivity contribution in [2.45, 2.75) is 51.7 Å². The lowest BCUT2D eigenvalue weighted by molar-refractivity contribution is 0.765. The number of rotatable bonds is 2. The van der Waals surface area contributed by atoms with E-state index in [2.05, 4.69) is 55.7 Å². The van der Waals surface area contributed by atoms with Crippen LogP contribution in [-0.4, -0.2) is 8.07 Å². The highest BCUT2D eigenvalue weighted by molar-refractivity contribution is 6.80. The first-order chi connectivity index (χ1) is 9.54. The van der Waals surface area contributed by atoms with Crippen molar-refractivity contribution in [1.82, 2.24) is 0 Å². The molecule has 0 amide bonds. The van der Waals surface area contributed by atoms with Crippen molar-refractivity contribution < 1.29 is 0 Å². The molecule has 0 saturated heterocycles. The largest absolute Gasteiger partial charge is 0.0983 e. The number of fused-ring (bicyclic) bond motifs is 1. The predicted molar refractivity (Wildman–Crippen MR) is 91.5 cm³/mol. The lowest BCUT2D eigenvalue weighted by atomic mass is 9.94. The number of hydrogen-bond donors (Lipinski definition) is 0. The first-order valence-electron chi connectivity index (χ1n) is 8.04. The maximum Gasteiger partial charge on any atom is 0.0683 e. The van der Waals surface area contributed by atoms with Crippen LogP contribution in [0, 0.1) is 5.92 Å². The Morgan fingerprint density at radius 2 is 1.85 bits per heavy atom. The van der Waals surface area contributed by atoms with Gasteiger partial charge in [0.15, 0.2) is 0 Å². The molecule has 0 aromatic heterocycles. The van der Waals surface area contributed by atoms with Crippen molar-refractivity contribution in [3.63, 3.8) is 0 Å². The molecule has 20 heavy (non-hydrogen) atoms. The Bertz CT molecular complexity index is 557. The second-order valence-electron chi connectivity index (χ2n) is 7.38. The monoisotopic (exact) mass is 282 g/mol. The minimum Gasteiger partial charge on any atom is -0.0983 e. The molecule has 0 aliphatic heterocycles. The Labute approximate surface area is 124 Å². The molecule has 1 aromatic carbocycles. The highest BCUT2D eigenvalue weighted by atomic mass is 28.3. The van der Waals surface area contributed by atoms with Gasteiger partial charge in [0.2, 0.25) is 0 Å². The summed E-state index contributed by atoms with van der Waals surface area (Å²) in [6, 6.07) is 9.03. The van der Waals surface area contributed by atoms with E-state index < -0.39 is 8.07 Å². The third-order valence-electron chi connectivity index (χ3n) is 4.61. The van der Waals surface area contributed by atoms with Crippen molar-refractivity contribution >= 4 is 13.6 Å². The summed E-state index contributed by atoms with van der Waals surface area (Å²) < 4.78 is 0. The molecule has 1 aromatic rings. The minimum absolute atomic E-state index is 0.725. The first kappa shape index (κ1) is 13.9. The lowest BCUT2D eigenvalue weighted by Crippen LogP contribution is -2.16. The first-order valence-corrected chi connectivity index (χ1v) is 11.6. The Kier molecular flexibility index (Phi) is 3.72. The van der Waals surface area contributed by atoms with E-state index in [1.54, 1.807) is 22.3 Å². The maximum absolute atomic E-state index is 2.55. The van der Waals surface area contributed by atoms with E-state index in [0.717, 1.165) is 5.92 Å². The van der Waals surface area contributed by atoms with Crippen LogP contribution in [0.4, 0.5) is 0 Å². The SMILES string of the molecule is C[Si](C)(C)/C=C/C1CCC/C1=C1\CCc2ccccc21. The quantitative estimate of drug-likeness (QED) is 0.618. The van der Waals surface area contributed by atoms with E-state index in [4.69, 9.17) is 0 Å². The molecule has 1 fully saturated rings. The summed E-state index contributed by atoms with van der Waals surface area (Å²) in [5, 5.41) is 0. The molecule has 1 atom stereocenters. The van der Waals surface area contributed by atoms with Crippen molar-refractivity contribution in [2.24, 2.45) is 5.92 Å². The summed E-state index contributed by atoms with van der Waals surface area (Å²) in [7, 11) is -1.07. The van der Waals surface area contributed by atoms with Gasteiger partial charge in [0.05, 0.1) is 8.07 Å². The van der Waals surface area contributed by atoms with Gasteiger partial charge < -0.3 is 0 Å². The normalized spacial score (nSPS) is 26.4. The second-order valence-corrected chi connectivity index (χ2v) is 12.5. The number of benzene rings is 1. The molecule has 2 aliphatic rings. The van der Waals surface area contributed by atoms with Crippen molar-refractivity contribution in [1.29, 1.82) is 0 Å². The molecule has 2 aliphatic carbocycles. The van der Waals surface area contributed by atoms with Gasteiger partial charge in [-0.1, -0.05) is 61.3 Å². The summed E-state index contributed by atoms with van der Waals surface area (Å²) >= 11 is 0. The van der Waals surface area contributed by atoms with Crippen molar-refractivity contribution in [3.05, 3.63) is 52.7 Å². The van der Waals surface area contributed by atoms with Gasteiger partial charge in [-0.25, -0.2) is 0 Å². The highest BCUT2D eigenvalue weighted by Gasteiger charge is 2.26. The summed E-state index contributed by atoms with van der Waals surface area (Å²) in [4.78, 5) is 0. The molecule has 3 rings (SSSR count). The van der Waals surface area contributed by atoms with E-state index in [-0.39, 0.29) is 0 Å². The van der Waals surface area contributed by atoms with E-state index in [1.807, 2.05) is 0 Å². The van der Waals surface area contributed by atoms with Crippen LogP contribution in [0.3, 0.4) is 0 Å². The molecule has 0 nitrogen and oxygen atoms in total. The zero-order chi connectivity index (χ0) is 14.2. The summed E-state index contributed by atoms with van der Waals surface area (Å²) in [6.07, 6.45) is 9.13. The second kappa shape index (κ2) is 5.36. The molecular weight excluding hydrogens is 256 g/mol. The Balaban J connectivity index is 1.93. The van der Waals surface area contributed by atoms with Crippen LogP contribution in [0.5, 0.6) is 0 Å². The van der Waals surface area contributed by atoms with E-state index in [1.165, 1.54) is 32.1 Å². The summed E-state index contributed by atoms with van der Waals surface area (Å²) in [5.74, 6) is 0.725.